The maximum absolute atomic E-state index is 12.2. The maximum Gasteiger partial charge on any atom is 0.267 e. The van der Waals surface area contributed by atoms with Gasteiger partial charge in [0.2, 0.25) is 0 Å². The van der Waals surface area contributed by atoms with E-state index in [-0.39, 0.29) is 11.8 Å². The Labute approximate surface area is 138 Å². The number of hydrogen-bond acceptors (Lipinski definition) is 3. The summed E-state index contributed by atoms with van der Waals surface area (Å²) in [5, 5.41) is 3.37. The van der Waals surface area contributed by atoms with Gasteiger partial charge in [-0.05, 0) is 49.4 Å². The molecule has 0 aliphatic carbocycles. The molecular weight excluding hydrogens is 316 g/mol. The first-order chi connectivity index (χ1) is 11.0. The third-order valence-electron chi connectivity index (χ3n) is 3.67. The molecule has 1 heterocycles. The van der Waals surface area contributed by atoms with Gasteiger partial charge in [0.1, 0.15) is 5.75 Å². The van der Waals surface area contributed by atoms with Crippen molar-refractivity contribution in [3.63, 3.8) is 0 Å². The summed E-state index contributed by atoms with van der Waals surface area (Å²) in [5.41, 5.74) is 1.71. The maximum atomic E-state index is 12.2. The number of halogens is 1. The van der Waals surface area contributed by atoms with Crippen molar-refractivity contribution in [3.8, 4) is 5.75 Å². The molecule has 1 aliphatic rings. The molecule has 5 nitrogen and oxygen atoms in total. The van der Waals surface area contributed by atoms with Gasteiger partial charge in [0, 0.05) is 23.3 Å². The molecule has 0 fully saturated rings. The van der Waals surface area contributed by atoms with E-state index in [1.807, 2.05) is 0 Å². The van der Waals surface area contributed by atoms with Crippen molar-refractivity contribution in [2.45, 2.75) is 13.0 Å². The average Bonchev–Trinajstić information content (AvgIpc) is 2.54. The molecule has 2 aromatic rings. The number of hydrogen-bond donors (Lipinski definition) is 1. The standard InChI is InChI=1S/C17H15ClN2O3/c1-10-17(22)20(2)14-9-13(7-8-15(14)23-10)19-16(21)11-3-5-12(18)6-4-11/h3-10H,1-2H3,(H,19,21)/t10-/m0/s1. The summed E-state index contributed by atoms with van der Waals surface area (Å²) in [6.07, 6.45) is -0.512. The van der Waals surface area contributed by atoms with E-state index in [4.69, 9.17) is 16.3 Å². The Kier molecular flexibility index (Phi) is 3.96. The number of fused-ring (bicyclic) bond motifs is 1. The molecule has 0 saturated heterocycles. The van der Waals surface area contributed by atoms with E-state index >= 15 is 0 Å². The van der Waals surface area contributed by atoms with Crippen LogP contribution in [0.4, 0.5) is 11.4 Å². The number of anilines is 2. The minimum absolute atomic E-state index is 0.126. The zero-order valence-electron chi connectivity index (χ0n) is 12.7. The van der Waals surface area contributed by atoms with E-state index in [2.05, 4.69) is 5.32 Å². The molecule has 0 radical (unpaired) electrons. The lowest BCUT2D eigenvalue weighted by Crippen LogP contribution is -2.41. The second-order valence-electron chi connectivity index (χ2n) is 5.30. The molecular formula is C17H15ClN2O3. The first-order valence-corrected chi connectivity index (χ1v) is 7.48. The van der Waals surface area contributed by atoms with Crippen LogP contribution < -0.4 is 15.0 Å². The molecule has 0 bridgehead atoms. The topological polar surface area (TPSA) is 58.6 Å². The van der Waals surface area contributed by atoms with Gasteiger partial charge in [0.15, 0.2) is 6.10 Å². The first-order valence-electron chi connectivity index (χ1n) is 7.11. The molecule has 1 atom stereocenters. The number of carbonyl (C=O) groups is 2. The molecule has 0 aromatic heterocycles. The molecule has 1 N–H and O–H groups in total. The number of benzene rings is 2. The Morgan fingerprint density at radius 1 is 1.22 bits per heavy atom. The molecule has 3 rings (SSSR count). The third-order valence-corrected chi connectivity index (χ3v) is 3.92. The van der Waals surface area contributed by atoms with Crippen LogP contribution in [-0.2, 0) is 4.79 Å². The first kappa shape index (κ1) is 15.4. The molecule has 0 saturated carbocycles. The summed E-state index contributed by atoms with van der Waals surface area (Å²) >= 11 is 5.81. The second kappa shape index (κ2) is 5.93. The highest BCUT2D eigenvalue weighted by atomic mass is 35.5. The van der Waals surface area contributed by atoms with Crippen molar-refractivity contribution in [2.75, 3.05) is 17.3 Å². The molecule has 1 aliphatic heterocycles. The van der Waals surface area contributed by atoms with Gasteiger partial charge < -0.3 is 15.0 Å². The van der Waals surface area contributed by atoms with Gasteiger partial charge >= 0.3 is 0 Å². The van der Waals surface area contributed by atoms with Crippen LogP contribution in [0, 0.1) is 0 Å². The Balaban J connectivity index is 1.83. The van der Waals surface area contributed by atoms with Crippen LogP contribution in [0.1, 0.15) is 17.3 Å². The van der Waals surface area contributed by atoms with Crippen molar-refractivity contribution in [1.29, 1.82) is 0 Å². The number of ether oxygens (including phenoxy) is 1. The van der Waals surface area contributed by atoms with Crippen LogP contribution in [0.15, 0.2) is 42.5 Å². The van der Waals surface area contributed by atoms with E-state index in [1.54, 1.807) is 56.4 Å². The van der Waals surface area contributed by atoms with Gasteiger partial charge in [0.25, 0.3) is 11.8 Å². The minimum Gasteiger partial charge on any atom is -0.479 e. The fraction of sp³-hybridized carbons (Fsp3) is 0.176. The molecule has 0 spiro atoms. The average molecular weight is 331 g/mol. The highest BCUT2D eigenvalue weighted by Gasteiger charge is 2.29. The predicted molar refractivity (Wildman–Crippen MR) is 89.3 cm³/mol. The quantitative estimate of drug-likeness (QED) is 0.918. The lowest BCUT2D eigenvalue weighted by molar-refractivity contribution is -0.125. The van der Waals surface area contributed by atoms with Gasteiger partial charge in [-0.15, -0.1) is 0 Å². The van der Waals surface area contributed by atoms with E-state index < -0.39 is 6.10 Å². The Morgan fingerprint density at radius 3 is 2.61 bits per heavy atom. The number of rotatable bonds is 2. The molecule has 2 amide bonds. The lowest BCUT2D eigenvalue weighted by atomic mass is 10.1. The third kappa shape index (κ3) is 3.00. The number of likely N-dealkylation sites (N-methyl/N-ethyl adjacent to an activating group) is 1. The van der Waals surface area contributed by atoms with E-state index in [0.29, 0.717) is 27.7 Å². The Bertz CT molecular complexity index is 774. The van der Waals surface area contributed by atoms with Crippen LogP contribution in [0.2, 0.25) is 5.02 Å². The number of nitrogens with zero attached hydrogens (tertiary/aromatic N) is 1. The van der Waals surface area contributed by atoms with Crippen molar-refractivity contribution in [1.82, 2.24) is 0 Å². The van der Waals surface area contributed by atoms with Crippen molar-refractivity contribution < 1.29 is 14.3 Å². The molecule has 2 aromatic carbocycles. The van der Waals surface area contributed by atoms with Crippen molar-refractivity contribution >= 4 is 34.8 Å². The van der Waals surface area contributed by atoms with Crippen molar-refractivity contribution in [2.24, 2.45) is 0 Å². The highest BCUT2D eigenvalue weighted by molar-refractivity contribution is 6.30. The summed E-state index contributed by atoms with van der Waals surface area (Å²) in [7, 11) is 1.69. The number of carbonyl (C=O) groups excluding carboxylic acids is 2. The largest absolute Gasteiger partial charge is 0.479 e. The van der Waals surface area contributed by atoms with Crippen LogP contribution in [-0.4, -0.2) is 25.0 Å². The lowest BCUT2D eigenvalue weighted by Gasteiger charge is -2.30. The summed E-state index contributed by atoms with van der Waals surface area (Å²) in [6.45, 7) is 1.71. The fourth-order valence-electron chi connectivity index (χ4n) is 2.39. The molecule has 6 heteroatoms. The summed E-state index contributed by atoms with van der Waals surface area (Å²) in [5.74, 6) is 0.239. The monoisotopic (exact) mass is 330 g/mol. The number of amides is 2. The van der Waals surface area contributed by atoms with Crippen LogP contribution in [0.5, 0.6) is 5.75 Å². The van der Waals surface area contributed by atoms with E-state index in [9.17, 15) is 9.59 Å². The van der Waals surface area contributed by atoms with Crippen LogP contribution in [0.25, 0.3) is 0 Å². The molecule has 0 unspecified atom stereocenters. The summed E-state index contributed by atoms with van der Waals surface area (Å²) < 4.78 is 5.55. The van der Waals surface area contributed by atoms with E-state index in [0.717, 1.165) is 0 Å². The number of nitrogens with one attached hydrogen (secondary N) is 1. The summed E-state index contributed by atoms with van der Waals surface area (Å²) in [6, 6.07) is 11.8. The Morgan fingerprint density at radius 2 is 1.91 bits per heavy atom. The smallest absolute Gasteiger partial charge is 0.267 e. The van der Waals surface area contributed by atoms with Gasteiger partial charge in [-0.1, -0.05) is 11.6 Å². The Hall–Kier alpha value is -2.53. The highest BCUT2D eigenvalue weighted by Crippen LogP contribution is 2.35. The second-order valence-corrected chi connectivity index (χ2v) is 5.74. The predicted octanol–water partition coefficient (Wildman–Crippen LogP) is 3.34. The van der Waals surface area contributed by atoms with Gasteiger partial charge in [-0.3, -0.25) is 9.59 Å². The van der Waals surface area contributed by atoms with Gasteiger partial charge in [-0.25, -0.2) is 0 Å². The normalized spacial score (nSPS) is 16.6. The van der Waals surface area contributed by atoms with E-state index in [1.165, 1.54) is 4.90 Å². The van der Waals surface area contributed by atoms with Crippen LogP contribution in [0.3, 0.4) is 0 Å². The van der Waals surface area contributed by atoms with Crippen molar-refractivity contribution in [3.05, 3.63) is 53.1 Å². The fourth-order valence-corrected chi connectivity index (χ4v) is 2.52. The van der Waals surface area contributed by atoms with Crippen LogP contribution >= 0.6 is 11.6 Å². The molecule has 23 heavy (non-hydrogen) atoms. The zero-order valence-corrected chi connectivity index (χ0v) is 13.4. The molecule has 118 valence electrons. The minimum atomic E-state index is -0.512. The summed E-state index contributed by atoms with van der Waals surface area (Å²) in [4.78, 5) is 25.7. The van der Waals surface area contributed by atoms with Gasteiger partial charge in [0.05, 0.1) is 5.69 Å². The SMILES string of the molecule is C[C@@H]1Oc2ccc(NC(=O)c3ccc(Cl)cc3)cc2N(C)C1=O. The zero-order chi connectivity index (χ0) is 16.6. The van der Waals surface area contributed by atoms with Gasteiger partial charge in [-0.2, -0.15) is 0 Å².